The molecule has 156 valence electrons. The molecule has 0 fully saturated rings. The molecular formula is C20H38N4S3. The number of nitrogens with zero attached hydrogens (tertiary/aromatic N) is 3. The van der Waals surface area contributed by atoms with Gasteiger partial charge in [-0.1, -0.05) is 78.0 Å². The summed E-state index contributed by atoms with van der Waals surface area (Å²) in [5, 5.41) is 1.61. The SMILES string of the molecule is CSc1nc(SN(CCCCCC(C)C)CCCCCC(C)C)[nH]c(=S)n1. The zero-order valence-corrected chi connectivity index (χ0v) is 20.2. The normalized spacial score (nSPS) is 11.9. The average Bonchev–Trinajstić information content (AvgIpc) is 2.59. The lowest BCUT2D eigenvalue weighted by Crippen LogP contribution is -2.19. The van der Waals surface area contributed by atoms with Crippen LogP contribution >= 0.6 is 35.9 Å². The zero-order chi connectivity index (χ0) is 20.1. The van der Waals surface area contributed by atoms with Crippen LogP contribution in [0.4, 0.5) is 0 Å². The predicted octanol–water partition coefficient (Wildman–Crippen LogP) is 7.00. The molecule has 1 N–H and O–H groups in total. The first-order valence-corrected chi connectivity index (χ1v) is 12.8. The third-order valence-corrected chi connectivity index (χ3v) is 6.12. The first kappa shape index (κ1) is 24.9. The Hall–Kier alpha value is -0.110. The number of hydrogen-bond donors (Lipinski definition) is 1. The lowest BCUT2D eigenvalue weighted by Gasteiger charge is -2.20. The van der Waals surface area contributed by atoms with E-state index in [1.54, 1.807) is 11.9 Å². The van der Waals surface area contributed by atoms with E-state index in [9.17, 15) is 0 Å². The lowest BCUT2D eigenvalue weighted by molar-refractivity contribution is 0.413. The standard InChI is InChI=1S/C20H38N4S3/c1-16(2)12-8-6-10-14-24(15-11-7-9-13-17(3)4)27-20-22-18(25)21-19(23-20)26-5/h16-17H,6-15H2,1-5H3,(H,21,22,23,25). The van der Waals surface area contributed by atoms with Crippen molar-refractivity contribution in [2.45, 2.75) is 89.4 Å². The predicted molar refractivity (Wildman–Crippen MR) is 123 cm³/mol. The molecule has 0 spiro atoms. The van der Waals surface area contributed by atoms with Gasteiger partial charge in [-0.3, -0.25) is 0 Å². The topological polar surface area (TPSA) is 44.8 Å². The molecule has 0 radical (unpaired) electrons. The van der Waals surface area contributed by atoms with Crippen LogP contribution in [-0.2, 0) is 0 Å². The van der Waals surface area contributed by atoms with Gasteiger partial charge in [-0.15, -0.1) is 0 Å². The van der Waals surface area contributed by atoms with Crippen molar-refractivity contribution in [3.63, 3.8) is 0 Å². The van der Waals surface area contributed by atoms with Crippen molar-refractivity contribution in [3.8, 4) is 0 Å². The summed E-state index contributed by atoms with van der Waals surface area (Å²) in [6, 6.07) is 0. The molecule has 1 aromatic heterocycles. The van der Waals surface area contributed by atoms with Gasteiger partial charge in [0.05, 0.1) is 0 Å². The minimum Gasteiger partial charge on any atom is -0.309 e. The van der Waals surface area contributed by atoms with Crippen LogP contribution in [-0.4, -0.2) is 38.6 Å². The second-order valence-electron chi connectivity index (χ2n) is 7.95. The molecule has 0 aliphatic heterocycles. The molecule has 0 saturated carbocycles. The Morgan fingerprint density at radius 3 is 1.93 bits per heavy atom. The van der Waals surface area contributed by atoms with Crippen LogP contribution in [0.15, 0.2) is 10.3 Å². The molecule has 7 heteroatoms. The summed E-state index contributed by atoms with van der Waals surface area (Å²) in [5.41, 5.74) is 0. The number of hydrogen-bond acceptors (Lipinski definition) is 6. The minimum absolute atomic E-state index is 0.519. The lowest BCUT2D eigenvalue weighted by atomic mass is 10.1. The van der Waals surface area contributed by atoms with Gasteiger partial charge in [-0.25, -0.2) is 4.31 Å². The Labute approximate surface area is 180 Å². The van der Waals surface area contributed by atoms with Gasteiger partial charge >= 0.3 is 0 Å². The summed E-state index contributed by atoms with van der Waals surface area (Å²) in [6.45, 7) is 11.4. The molecule has 0 bridgehead atoms. The second kappa shape index (κ2) is 14.8. The number of nitrogens with one attached hydrogen (secondary N) is 1. The molecular weight excluding hydrogens is 392 g/mol. The van der Waals surface area contributed by atoms with E-state index in [1.165, 1.54) is 63.1 Å². The maximum Gasteiger partial charge on any atom is 0.201 e. The van der Waals surface area contributed by atoms with Crippen LogP contribution in [0, 0.1) is 16.6 Å². The van der Waals surface area contributed by atoms with Crippen molar-refractivity contribution in [1.82, 2.24) is 19.3 Å². The maximum absolute atomic E-state index is 5.25. The maximum atomic E-state index is 5.25. The fourth-order valence-corrected chi connectivity index (χ4v) is 4.52. The number of aromatic amines is 1. The number of H-pyrrole nitrogens is 1. The van der Waals surface area contributed by atoms with Gasteiger partial charge in [0.25, 0.3) is 0 Å². The molecule has 0 atom stereocenters. The number of rotatable bonds is 15. The van der Waals surface area contributed by atoms with Crippen LogP contribution < -0.4 is 0 Å². The van der Waals surface area contributed by atoms with Crippen LogP contribution in [0.1, 0.15) is 79.1 Å². The van der Waals surface area contributed by atoms with E-state index in [0.29, 0.717) is 4.77 Å². The monoisotopic (exact) mass is 430 g/mol. The fourth-order valence-electron chi connectivity index (χ4n) is 2.84. The highest BCUT2D eigenvalue weighted by atomic mass is 32.2. The molecule has 1 aromatic rings. The van der Waals surface area contributed by atoms with Crippen molar-refractivity contribution >= 4 is 35.9 Å². The van der Waals surface area contributed by atoms with Gasteiger partial charge in [-0.05, 0) is 55.1 Å². The van der Waals surface area contributed by atoms with E-state index in [1.807, 2.05) is 6.26 Å². The molecule has 0 saturated heterocycles. The van der Waals surface area contributed by atoms with E-state index >= 15 is 0 Å². The summed E-state index contributed by atoms with van der Waals surface area (Å²) < 4.78 is 2.98. The van der Waals surface area contributed by atoms with Crippen molar-refractivity contribution < 1.29 is 0 Å². The number of unbranched alkanes of at least 4 members (excludes halogenated alkanes) is 4. The molecule has 0 aromatic carbocycles. The van der Waals surface area contributed by atoms with Gasteiger partial charge in [0, 0.05) is 13.1 Å². The van der Waals surface area contributed by atoms with Gasteiger partial charge in [0.2, 0.25) is 4.77 Å². The summed E-state index contributed by atoms with van der Waals surface area (Å²) in [4.78, 5) is 12.0. The van der Waals surface area contributed by atoms with E-state index in [0.717, 1.165) is 35.2 Å². The van der Waals surface area contributed by atoms with E-state index in [-0.39, 0.29) is 0 Å². The van der Waals surface area contributed by atoms with Crippen molar-refractivity contribution in [1.29, 1.82) is 0 Å². The first-order chi connectivity index (χ1) is 12.9. The second-order valence-corrected chi connectivity index (χ2v) is 10.2. The summed E-state index contributed by atoms with van der Waals surface area (Å²) in [5.74, 6) is 1.62. The zero-order valence-electron chi connectivity index (χ0n) is 17.8. The van der Waals surface area contributed by atoms with Crippen LogP contribution in [0.3, 0.4) is 0 Å². The van der Waals surface area contributed by atoms with Crippen LogP contribution in [0.5, 0.6) is 0 Å². The molecule has 1 heterocycles. The first-order valence-electron chi connectivity index (χ1n) is 10.4. The highest BCUT2D eigenvalue weighted by Crippen LogP contribution is 2.22. The van der Waals surface area contributed by atoms with Crippen LogP contribution in [0.2, 0.25) is 0 Å². The Morgan fingerprint density at radius 2 is 1.44 bits per heavy atom. The molecule has 1 rings (SSSR count). The highest BCUT2D eigenvalue weighted by molar-refractivity contribution is 7.98. The fraction of sp³-hybridized carbons (Fsp3) is 0.850. The Balaban J connectivity index is 2.52. The number of aromatic nitrogens is 3. The molecule has 4 nitrogen and oxygen atoms in total. The smallest absolute Gasteiger partial charge is 0.201 e. The third kappa shape index (κ3) is 12.9. The summed E-state index contributed by atoms with van der Waals surface area (Å²) >= 11 is 8.49. The average molecular weight is 431 g/mol. The Bertz CT molecular complexity index is 542. The van der Waals surface area contributed by atoms with Gasteiger partial charge in [-0.2, -0.15) is 9.97 Å². The summed E-state index contributed by atoms with van der Waals surface area (Å²) in [7, 11) is 0. The highest BCUT2D eigenvalue weighted by Gasteiger charge is 2.10. The molecule has 27 heavy (non-hydrogen) atoms. The quantitative estimate of drug-likeness (QED) is 0.140. The Kier molecular flexibility index (Phi) is 13.7. The van der Waals surface area contributed by atoms with Gasteiger partial charge in [0.15, 0.2) is 10.3 Å². The van der Waals surface area contributed by atoms with E-state index < -0.39 is 0 Å². The van der Waals surface area contributed by atoms with Crippen molar-refractivity contribution in [2.24, 2.45) is 11.8 Å². The largest absolute Gasteiger partial charge is 0.309 e. The Morgan fingerprint density at radius 1 is 0.889 bits per heavy atom. The number of thioether (sulfide) groups is 1. The van der Waals surface area contributed by atoms with Crippen molar-refractivity contribution in [3.05, 3.63) is 4.77 Å². The molecule has 0 aliphatic carbocycles. The van der Waals surface area contributed by atoms with Crippen molar-refractivity contribution in [2.75, 3.05) is 19.3 Å². The van der Waals surface area contributed by atoms with E-state index in [2.05, 4.69) is 47.0 Å². The molecule has 0 amide bonds. The van der Waals surface area contributed by atoms with E-state index in [4.69, 9.17) is 12.2 Å². The van der Waals surface area contributed by atoms with Crippen LogP contribution in [0.25, 0.3) is 0 Å². The summed E-state index contributed by atoms with van der Waals surface area (Å²) in [6.07, 6.45) is 12.4. The molecule has 0 unspecified atom stereocenters. The van der Waals surface area contributed by atoms with Gasteiger partial charge < -0.3 is 4.98 Å². The molecule has 0 aliphatic rings. The minimum atomic E-state index is 0.519. The van der Waals surface area contributed by atoms with Gasteiger partial charge in [0.1, 0.15) is 0 Å². The third-order valence-electron chi connectivity index (χ3n) is 4.38.